The molecular formula is C14H22N2. The highest BCUT2D eigenvalue weighted by atomic mass is 15.1. The smallest absolute Gasteiger partial charge is 0.0412 e. The molecular weight excluding hydrogens is 196 g/mol. The first-order valence-corrected chi connectivity index (χ1v) is 6.15. The zero-order chi connectivity index (χ0) is 11.7. The van der Waals surface area contributed by atoms with Crippen molar-refractivity contribution in [3.8, 4) is 0 Å². The number of para-hydroxylation sites is 1. The Morgan fingerprint density at radius 1 is 1.44 bits per heavy atom. The SMILES string of the molecule is CC1CC1CN(C)c1ccccc1[C@H](C)N. The van der Waals surface area contributed by atoms with Gasteiger partial charge in [-0.3, -0.25) is 0 Å². The van der Waals surface area contributed by atoms with Crippen molar-refractivity contribution in [1.29, 1.82) is 0 Å². The third-order valence-electron chi connectivity index (χ3n) is 3.62. The Labute approximate surface area is 98.4 Å². The standard InChI is InChI=1S/C14H22N2/c1-10-8-12(10)9-16(3)14-7-5-4-6-13(14)11(2)15/h4-7,10-12H,8-9,15H2,1-3H3/t10?,11-,12?/m0/s1. The van der Waals surface area contributed by atoms with Crippen LogP contribution in [0.2, 0.25) is 0 Å². The summed E-state index contributed by atoms with van der Waals surface area (Å²) in [5.74, 6) is 1.79. The fourth-order valence-corrected chi connectivity index (χ4v) is 2.32. The lowest BCUT2D eigenvalue weighted by Crippen LogP contribution is -2.23. The minimum atomic E-state index is 0.107. The van der Waals surface area contributed by atoms with E-state index in [1.54, 1.807) is 0 Å². The molecule has 0 radical (unpaired) electrons. The van der Waals surface area contributed by atoms with Crippen LogP contribution in [0, 0.1) is 11.8 Å². The van der Waals surface area contributed by atoms with Gasteiger partial charge in [0, 0.05) is 25.3 Å². The average molecular weight is 218 g/mol. The summed E-state index contributed by atoms with van der Waals surface area (Å²) >= 11 is 0. The maximum absolute atomic E-state index is 6.00. The summed E-state index contributed by atoms with van der Waals surface area (Å²) in [7, 11) is 2.17. The zero-order valence-electron chi connectivity index (χ0n) is 10.5. The van der Waals surface area contributed by atoms with Crippen molar-refractivity contribution in [2.24, 2.45) is 17.6 Å². The largest absolute Gasteiger partial charge is 0.374 e. The molecule has 88 valence electrons. The van der Waals surface area contributed by atoms with E-state index in [1.165, 1.54) is 17.7 Å². The van der Waals surface area contributed by atoms with Crippen LogP contribution >= 0.6 is 0 Å². The summed E-state index contributed by atoms with van der Waals surface area (Å²) in [6.45, 7) is 5.54. The Balaban J connectivity index is 2.12. The summed E-state index contributed by atoms with van der Waals surface area (Å²) in [6, 6.07) is 8.57. The lowest BCUT2D eigenvalue weighted by atomic mass is 10.1. The van der Waals surface area contributed by atoms with E-state index >= 15 is 0 Å². The predicted octanol–water partition coefficient (Wildman–Crippen LogP) is 2.80. The molecule has 1 saturated carbocycles. The second-order valence-electron chi connectivity index (χ2n) is 5.20. The van der Waals surface area contributed by atoms with Crippen molar-refractivity contribution < 1.29 is 0 Å². The lowest BCUT2D eigenvalue weighted by Gasteiger charge is -2.24. The van der Waals surface area contributed by atoms with E-state index in [4.69, 9.17) is 5.73 Å². The Kier molecular flexibility index (Phi) is 3.20. The predicted molar refractivity (Wildman–Crippen MR) is 69.6 cm³/mol. The van der Waals surface area contributed by atoms with Crippen LogP contribution in [0.3, 0.4) is 0 Å². The summed E-state index contributed by atoms with van der Waals surface area (Å²) in [5.41, 5.74) is 8.54. The molecule has 1 aliphatic rings. The first-order chi connectivity index (χ1) is 7.59. The van der Waals surface area contributed by atoms with Crippen LogP contribution < -0.4 is 10.6 Å². The molecule has 0 amide bonds. The topological polar surface area (TPSA) is 29.3 Å². The van der Waals surface area contributed by atoms with Gasteiger partial charge in [0.05, 0.1) is 0 Å². The van der Waals surface area contributed by atoms with Crippen LogP contribution in [0.5, 0.6) is 0 Å². The number of anilines is 1. The maximum atomic E-state index is 6.00. The Hall–Kier alpha value is -1.02. The van der Waals surface area contributed by atoms with Gasteiger partial charge in [0.1, 0.15) is 0 Å². The highest BCUT2D eigenvalue weighted by Crippen LogP contribution is 2.39. The monoisotopic (exact) mass is 218 g/mol. The fourth-order valence-electron chi connectivity index (χ4n) is 2.32. The zero-order valence-corrected chi connectivity index (χ0v) is 10.5. The lowest BCUT2D eigenvalue weighted by molar-refractivity contribution is 0.716. The van der Waals surface area contributed by atoms with Crippen LogP contribution in [0.4, 0.5) is 5.69 Å². The molecule has 16 heavy (non-hydrogen) atoms. The third-order valence-corrected chi connectivity index (χ3v) is 3.62. The molecule has 2 heteroatoms. The van der Waals surface area contributed by atoms with Crippen molar-refractivity contribution in [3.63, 3.8) is 0 Å². The second-order valence-corrected chi connectivity index (χ2v) is 5.20. The van der Waals surface area contributed by atoms with Gasteiger partial charge in [-0.2, -0.15) is 0 Å². The van der Waals surface area contributed by atoms with E-state index in [-0.39, 0.29) is 6.04 Å². The van der Waals surface area contributed by atoms with Gasteiger partial charge in [-0.25, -0.2) is 0 Å². The molecule has 1 aromatic rings. The van der Waals surface area contributed by atoms with E-state index in [0.29, 0.717) is 0 Å². The van der Waals surface area contributed by atoms with Gasteiger partial charge in [0.15, 0.2) is 0 Å². The quantitative estimate of drug-likeness (QED) is 0.842. The molecule has 2 unspecified atom stereocenters. The van der Waals surface area contributed by atoms with Gasteiger partial charge >= 0.3 is 0 Å². The first-order valence-electron chi connectivity index (χ1n) is 6.15. The number of nitrogens with two attached hydrogens (primary N) is 1. The molecule has 0 saturated heterocycles. The van der Waals surface area contributed by atoms with Gasteiger partial charge in [-0.15, -0.1) is 0 Å². The molecule has 2 rings (SSSR count). The maximum Gasteiger partial charge on any atom is 0.0412 e. The van der Waals surface area contributed by atoms with Crippen molar-refractivity contribution in [2.45, 2.75) is 26.3 Å². The Morgan fingerprint density at radius 2 is 2.06 bits per heavy atom. The normalized spacial score (nSPS) is 25.2. The molecule has 1 aliphatic carbocycles. The molecule has 3 atom stereocenters. The second kappa shape index (κ2) is 4.46. The minimum Gasteiger partial charge on any atom is -0.374 e. The van der Waals surface area contributed by atoms with Crippen molar-refractivity contribution in [2.75, 3.05) is 18.5 Å². The Bertz CT molecular complexity index is 360. The van der Waals surface area contributed by atoms with Gasteiger partial charge in [-0.1, -0.05) is 25.1 Å². The van der Waals surface area contributed by atoms with Crippen molar-refractivity contribution in [1.82, 2.24) is 0 Å². The number of hydrogen-bond donors (Lipinski definition) is 1. The highest BCUT2D eigenvalue weighted by molar-refractivity contribution is 5.54. The fraction of sp³-hybridized carbons (Fsp3) is 0.571. The first kappa shape index (κ1) is 11.5. The molecule has 0 spiro atoms. The van der Waals surface area contributed by atoms with E-state index in [2.05, 4.69) is 43.1 Å². The number of benzene rings is 1. The summed E-state index contributed by atoms with van der Waals surface area (Å²) in [4.78, 5) is 2.35. The van der Waals surface area contributed by atoms with Gasteiger partial charge < -0.3 is 10.6 Å². The van der Waals surface area contributed by atoms with Gasteiger partial charge in [-0.05, 0) is 36.8 Å². The molecule has 0 heterocycles. The summed E-state index contributed by atoms with van der Waals surface area (Å²) < 4.78 is 0. The summed E-state index contributed by atoms with van der Waals surface area (Å²) in [6.07, 6.45) is 1.38. The van der Waals surface area contributed by atoms with E-state index < -0.39 is 0 Å². The van der Waals surface area contributed by atoms with Gasteiger partial charge in [0.25, 0.3) is 0 Å². The number of nitrogens with zero attached hydrogens (tertiary/aromatic N) is 1. The van der Waals surface area contributed by atoms with Crippen molar-refractivity contribution in [3.05, 3.63) is 29.8 Å². The van der Waals surface area contributed by atoms with E-state index in [1.807, 2.05) is 6.92 Å². The minimum absolute atomic E-state index is 0.107. The highest BCUT2D eigenvalue weighted by Gasteiger charge is 2.33. The number of rotatable bonds is 4. The molecule has 0 bridgehead atoms. The van der Waals surface area contributed by atoms with Crippen LogP contribution in [0.25, 0.3) is 0 Å². The summed E-state index contributed by atoms with van der Waals surface area (Å²) in [5, 5.41) is 0. The molecule has 0 aliphatic heterocycles. The van der Waals surface area contributed by atoms with Crippen LogP contribution in [-0.2, 0) is 0 Å². The van der Waals surface area contributed by atoms with E-state index in [9.17, 15) is 0 Å². The van der Waals surface area contributed by atoms with Crippen LogP contribution in [0.1, 0.15) is 31.9 Å². The molecule has 2 N–H and O–H groups in total. The third kappa shape index (κ3) is 2.38. The van der Waals surface area contributed by atoms with Crippen LogP contribution in [0.15, 0.2) is 24.3 Å². The molecule has 2 nitrogen and oxygen atoms in total. The van der Waals surface area contributed by atoms with Crippen molar-refractivity contribution >= 4 is 5.69 Å². The molecule has 0 aromatic heterocycles. The molecule has 1 aromatic carbocycles. The van der Waals surface area contributed by atoms with E-state index in [0.717, 1.165) is 18.4 Å². The number of hydrogen-bond acceptors (Lipinski definition) is 2. The van der Waals surface area contributed by atoms with Gasteiger partial charge in [0.2, 0.25) is 0 Å². The Morgan fingerprint density at radius 3 is 2.62 bits per heavy atom. The van der Waals surface area contributed by atoms with Crippen LogP contribution in [-0.4, -0.2) is 13.6 Å². The molecule has 1 fully saturated rings. The average Bonchev–Trinajstić information content (AvgIpc) is 2.94.